The van der Waals surface area contributed by atoms with Gasteiger partial charge in [0.15, 0.2) is 0 Å². The number of aryl methyl sites for hydroxylation is 1. The van der Waals surface area contributed by atoms with E-state index in [2.05, 4.69) is 21.2 Å². The van der Waals surface area contributed by atoms with Crippen molar-refractivity contribution in [3.05, 3.63) is 32.2 Å². The second kappa shape index (κ2) is 3.32. The number of hydrogen-bond donors (Lipinski definition) is 1. The third kappa shape index (κ3) is 1.39. The lowest BCUT2D eigenvalue weighted by Gasteiger charge is -2.27. The van der Waals surface area contributed by atoms with Gasteiger partial charge in [0.2, 0.25) is 0 Å². The van der Waals surface area contributed by atoms with E-state index in [1.54, 1.807) is 10.6 Å². The standard InChI is InChI=1S/C14H15BrN2O2/c1-8-6-9(15)12(19)17-10(8)11(18)16-14(17)5-4-13(7-14)2-3-13/h6H,2-5,7H2,1H3,(H,16,18). The zero-order valence-electron chi connectivity index (χ0n) is 10.8. The molecule has 1 aliphatic heterocycles. The average molecular weight is 323 g/mol. The van der Waals surface area contributed by atoms with Crippen molar-refractivity contribution in [2.45, 2.75) is 44.7 Å². The molecule has 2 fully saturated rings. The lowest BCUT2D eigenvalue weighted by atomic mass is 10.0. The van der Waals surface area contributed by atoms with Crippen LogP contribution in [-0.4, -0.2) is 10.5 Å². The van der Waals surface area contributed by atoms with Crippen molar-refractivity contribution in [1.29, 1.82) is 0 Å². The van der Waals surface area contributed by atoms with Crippen molar-refractivity contribution in [2.24, 2.45) is 5.41 Å². The summed E-state index contributed by atoms with van der Waals surface area (Å²) in [4.78, 5) is 24.7. The quantitative estimate of drug-likeness (QED) is 0.796. The van der Waals surface area contributed by atoms with Gasteiger partial charge in [0, 0.05) is 0 Å². The second-order valence-corrected chi connectivity index (χ2v) is 7.18. The van der Waals surface area contributed by atoms with E-state index in [1.165, 1.54) is 12.8 Å². The van der Waals surface area contributed by atoms with Crippen molar-refractivity contribution >= 4 is 21.8 Å². The van der Waals surface area contributed by atoms with Gasteiger partial charge >= 0.3 is 0 Å². The molecule has 1 unspecified atom stereocenters. The molecule has 5 heteroatoms. The molecule has 0 saturated heterocycles. The van der Waals surface area contributed by atoms with E-state index in [1.807, 2.05) is 6.92 Å². The van der Waals surface area contributed by atoms with E-state index >= 15 is 0 Å². The largest absolute Gasteiger partial charge is 0.327 e. The maximum Gasteiger partial charge on any atom is 0.270 e. The molecule has 4 nitrogen and oxygen atoms in total. The van der Waals surface area contributed by atoms with Crippen LogP contribution in [0.5, 0.6) is 0 Å². The molecule has 1 N–H and O–H groups in total. The Kier molecular flexibility index (Phi) is 2.04. The number of carbonyl (C=O) groups excluding carboxylic acids is 1. The zero-order valence-corrected chi connectivity index (χ0v) is 12.3. The fourth-order valence-corrected chi connectivity index (χ4v) is 4.41. The zero-order chi connectivity index (χ0) is 13.4. The van der Waals surface area contributed by atoms with Gasteiger partial charge in [0.05, 0.1) is 4.47 Å². The van der Waals surface area contributed by atoms with Gasteiger partial charge in [-0.25, -0.2) is 0 Å². The first-order valence-electron chi connectivity index (χ1n) is 6.72. The van der Waals surface area contributed by atoms with Gasteiger partial charge in [-0.05, 0) is 72.0 Å². The molecule has 3 aliphatic rings. The monoisotopic (exact) mass is 322 g/mol. The summed E-state index contributed by atoms with van der Waals surface area (Å²) in [6.07, 6.45) is 5.38. The number of amides is 1. The van der Waals surface area contributed by atoms with Crippen LogP contribution in [0, 0.1) is 12.3 Å². The molecule has 1 aromatic rings. The Morgan fingerprint density at radius 2 is 1.95 bits per heavy atom. The molecule has 1 amide bonds. The van der Waals surface area contributed by atoms with Crippen LogP contribution in [0.25, 0.3) is 0 Å². The van der Waals surface area contributed by atoms with Crippen LogP contribution < -0.4 is 10.9 Å². The van der Waals surface area contributed by atoms with Crippen LogP contribution in [0.4, 0.5) is 0 Å². The molecule has 2 spiro atoms. The van der Waals surface area contributed by atoms with E-state index in [0.717, 1.165) is 24.8 Å². The summed E-state index contributed by atoms with van der Waals surface area (Å²) in [6.45, 7) is 1.89. The fourth-order valence-electron chi connectivity index (χ4n) is 3.89. The molecule has 19 heavy (non-hydrogen) atoms. The van der Waals surface area contributed by atoms with Crippen LogP contribution in [0.3, 0.4) is 0 Å². The van der Waals surface area contributed by atoms with Gasteiger partial charge in [-0.2, -0.15) is 0 Å². The van der Waals surface area contributed by atoms with E-state index in [4.69, 9.17) is 0 Å². The summed E-state index contributed by atoms with van der Waals surface area (Å²) in [7, 11) is 0. The normalized spacial score (nSPS) is 29.9. The van der Waals surface area contributed by atoms with Crippen LogP contribution in [0.2, 0.25) is 0 Å². The Labute approximate surface area is 119 Å². The average Bonchev–Trinajstić information content (AvgIpc) is 2.89. The number of nitrogens with zero attached hydrogens (tertiary/aromatic N) is 1. The van der Waals surface area contributed by atoms with Crippen molar-refractivity contribution in [2.75, 3.05) is 0 Å². The van der Waals surface area contributed by atoms with Gasteiger partial charge in [-0.1, -0.05) is 0 Å². The number of nitrogens with one attached hydrogen (secondary N) is 1. The first-order chi connectivity index (χ1) is 8.96. The van der Waals surface area contributed by atoms with E-state index < -0.39 is 5.66 Å². The summed E-state index contributed by atoms with van der Waals surface area (Å²) >= 11 is 3.32. The van der Waals surface area contributed by atoms with Gasteiger partial charge in [0.1, 0.15) is 11.4 Å². The molecule has 0 bridgehead atoms. The Bertz CT molecular complexity index is 675. The lowest BCUT2D eigenvalue weighted by molar-refractivity contribution is 0.0917. The third-order valence-corrected chi connectivity index (χ3v) is 5.60. The van der Waals surface area contributed by atoms with Crippen molar-refractivity contribution in [1.82, 2.24) is 9.88 Å². The number of pyridine rings is 1. The Hall–Kier alpha value is -1.10. The van der Waals surface area contributed by atoms with E-state index in [0.29, 0.717) is 15.6 Å². The third-order valence-electron chi connectivity index (χ3n) is 5.03. The SMILES string of the molecule is Cc1cc(Br)c(=O)n2c1C(=O)NC21CCC2(CC2)C1. The summed E-state index contributed by atoms with van der Waals surface area (Å²) in [5, 5.41) is 3.10. The molecule has 0 aromatic carbocycles. The van der Waals surface area contributed by atoms with Gasteiger partial charge in [0.25, 0.3) is 11.5 Å². The van der Waals surface area contributed by atoms with Crippen LogP contribution >= 0.6 is 15.9 Å². The van der Waals surface area contributed by atoms with E-state index in [9.17, 15) is 9.59 Å². The highest BCUT2D eigenvalue weighted by Gasteiger charge is 2.59. The predicted molar refractivity (Wildman–Crippen MR) is 74.1 cm³/mol. The highest BCUT2D eigenvalue weighted by atomic mass is 79.9. The number of aromatic nitrogens is 1. The molecular weight excluding hydrogens is 308 g/mol. The van der Waals surface area contributed by atoms with Crippen molar-refractivity contribution < 1.29 is 4.79 Å². The topological polar surface area (TPSA) is 51.1 Å². The van der Waals surface area contributed by atoms with Crippen LogP contribution in [0.15, 0.2) is 15.3 Å². The minimum Gasteiger partial charge on any atom is -0.327 e. The van der Waals surface area contributed by atoms with Crippen LogP contribution in [0.1, 0.15) is 48.2 Å². The van der Waals surface area contributed by atoms with Gasteiger partial charge in [-0.3, -0.25) is 14.2 Å². The number of fused-ring (bicyclic) bond motifs is 2. The Morgan fingerprint density at radius 1 is 1.26 bits per heavy atom. The number of carbonyl (C=O) groups is 1. The van der Waals surface area contributed by atoms with E-state index in [-0.39, 0.29) is 11.5 Å². The molecule has 100 valence electrons. The molecule has 0 radical (unpaired) electrons. The van der Waals surface area contributed by atoms with Gasteiger partial charge < -0.3 is 5.32 Å². The summed E-state index contributed by atoms with van der Waals surface area (Å²) in [5.74, 6) is -0.0974. The number of rotatable bonds is 0. The molecule has 2 aliphatic carbocycles. The number of halogens is 1. The summed E-state index contributed by atoms with van der Waals surface area (Å²) in [6, 6.07) is 1.74. The summed E-state index contributed by atoms with van der Waals surface area (Å²) < 4.78 is 2.27. The smallest absolute Gasteiger partial charge is 0.270 e. The molecule has 1 aromatic heterocycles. The first-order valence-corrected chi connectivity index (χ1v) is 7.51. The Morgan fingerprint density at radius 3 is 2.58 bits per heavy atom. The first kappa shape index (κ1) is 11.7. The minimum atomic E-state index is -0.464. The highest BCUT2D eigenvalue weighted by Crippen LogP contribution is 2.62. The minimum absolute atomic E-state index is 0.0864. The molecule has 2 saturated carbocycles. The fraction of sp³-hybridized carbons (Fsp3) is 0.571. The molecule has 1 atom stereocenters. The maximum absolute atomic E-state index is 12.5. The second-order valence-electron chi connectivity index (χ2n) is 6.33. The van der Waals surface area contributed by atoms with Crippen LogP contribution in [-0.2, 0) is 5.66 Å². The predicted octanol–water partition coefficient (Wildman–Crippen LogP) is 2.28. The molecule has 4 rings (SSSR count). The Balaban J connectivity index is 1.97. The van der Waals surface area contributed by atoms with Crippen molar-refractivity contribution in [3.8, 4) is 0 Å². The highest BCUT2D eigenvalue weighted by molar-refractivity contribution is 9.10. The lowest BCUT2D eigenvalue weighted by Crippen LogP contribution is -2.45. The van der Waals surface area contributed by atoms with Gasteiger partial charge in [-0.15, -0.1) is 0 Å². The van der Waals surface area contributed by atoms with Crippen molar-refractivity contribution in [3.63, 3.8) is 0 Å². The number of hydrogen-bond acceptors (Lipinski definition) is 2. The summed E-state index contributed by atoms with van der Waals surface area (Å²) in [5.41, 5.74) is 1.25. The molecular formula is C14H15BrN2O2. The maximum atomic E-state index is 12.5. The molecule has 2 heterocycles.